The fraction of sp³-hybridized carbons (Fsp3) is 0.250. The number of anilines is 2. The van der Waals surface area contributed by atoms with E-state index >= 15 is 0 Å². The lowest BCUT2D eigenvalue weighted by Crippen LogP contribution is -2.24. The second-order valence-corrected chi connectivity index (χ2v) is 7.80. The number of aryl methyl sites for hydroxylation is 1. The normalized spacial score (nSPS) is 14.7. The second-order valence-electron chi connectivity index (χ2n) is 7.80. The number of carbonyl (C=O) groups excluding carboxylic acids is 3. The summed E-state index contributed by atoms with van der Waals surface area (Å²) in [4.78, 5) is 36.7. The van der Waals surface area contributed by atoms with Gasteiger partial charge in [0.1, 0.15) is 11.9 Å². The van der Waals surface area contributed by atoms with Crippen molar-refractivity contribution in [3.05, 3.63) is 65.4 Å². The lowest BCUT2D eigenvalue weighted by Gasteiger charge is -2.10. The Hall–Kier alpha value is -3.78. The summed E-state index contributed by atoms with van der Waals surface area (Å²) in [5.41, 5.74) is 4.65. The van der Waals surface area contributed by atoms with Crippen LogP contribution in [0.4, 0.5) is 11.5 Å². The number of hydrogen-bond acceptors (Lipinski definition) is 5. The van der Waals surface area contributed by atoms with E-state index in [-0.39, 0.29) is 30.6 Å². The minimum atomic E-state index is -0.767. The Balaban J connectivity index is 1.57. The number of ketones is 1. The average Bonchev–Trinajstić information content (AvgIpc) is 3.24. The van der Waals surface area contributed by atoms with E-state index in [4.69, 9.17) is 4.74 Å². The summed E-state index contributed by atoms with van der Waals surface area (Å²) in [6.07, 6.45) is -0.0747. The van der Waals surface area contributed by atoms with E-state index < -0.39 is 6.04 Å². The highest BCUT2D eigenvalue weighted by molar-refractivity contribution is 6.04. The molecule has 2 amide bonds. The number of benzene rings is 2. The number of Topliss-reactive ketones (excluding diaryl/α,β-unsaturated/α-hetero) is 1. The summed E-state index contributed by atoms with van der Waals surface area (Å²) in [5, 5.41) is 10.3. The molecule has 1 aromatic heterocycles. The van der Waals surface area contributed by atoms with Crippen LogP contribution in [0.5, 0.6) is 0 Å². The molecule has 2 heterocycles. The molecule has 0 spiro atoms. The monoisotopic (exact) mass is 432 g/mol. The lowest BCUT2D eigenvalue weighted by molar-refractivity contribution is -0.123. The topological polar surface area (TPSA) is 102 Å². The van der Waals surface area contributed by atoms with E-state index in [0.29, 0.717) is 22.8 Å². The summed E-state index contributed by atoms with van der Waals surface area (Å²) < 4.78 is 6.88. The van der Waals surface area contributed by atoms with Crippen LogP contribution >= 0.6 is 0 Å². The molecule has 8 nitrogen and oxygen atoms in total. The molecule has 1 atom stereocenters. The molecule has 2 N–H and O–H groups in total. The van der Waals surface area contributed by atoms with Gasteiger partial charge in [0.15, 0.2) is 5.78 Å². The number of nitrogens with zero attached hydrogens (tertiary/aromatic N) is 2. The molecular formula is C24H24N4O4. The Morgan fingerprint density at radius 2 is 1.81 bits per heavy atom. The molecule has 2 aromatic carbocycles. The first-order chi connectivity index (χ1) is 15.4. The third kappa shape index (κ3) is 4.17. The van der Waals surface area contributed by atoms with E-state index in [9.17, 15) is 14.4 Å². The highest BCUT2D eigenvalue weighted by atomic mass is 16.5. The summed E-state index contributed by atoms with van der Waals surface area (Å²) >= 11 is 0. The van der Waals surface area contributed by atoms with Gasteiger partial charge in [0, 0.05) is 23.9 Å². The summed E-state index contributed by atoms with van der Waals surface area (Å²) in [5.74, 6) is -0.0939. The molecule has 8 heteroatoms. The van der Waals surface area contributed by atoms with Crippen LogP contribution in [0, 0.1) is 6.92 Å². The van der Waals surface area contributed by atoms with Crippen LogP contribution in [0.3, 0.4) is 0 Å². The van der Waals surface area contributed by atoms with Gasteiger partial charge < -0.3 is 15.4 Å². The molecule has 1 unspecified atom stereocenters. The number of rotatable bonds is 7. The van der Waals surface area contributed by atoms with Crippen LogP contribution in [0.25, 0.3) is 11.1 Å². The van der Waals surface area contributed by atoms with Crippen LogP contribution in [0.2, 0.25) is 0 Å². The zero-order valence-electron chi connectivity index (χ0n) is 18.1. The maximum atomic E-state index is 12.7. The molecule has 1 aliphatic heterocycles. The summed E-state index contributed by atoms with van der Waals surface area (Å²) in [6.45, 7) is 3.77. The van der Waals surface area contributed by atoms with Crippen molar-refractivity contribution in [3.63, 3.8) is 0 Å². The molecule has 0 radical (unpaired) electrons. The van der Waals surface area contributed by atoms with Gasteiger partial charge in [-0.3, -0.25) is 14.4 Å². The fourth-order valence-electron chi connectivity index (χ4n) is 3.75. The van der Waals surface area contributed by atoms with Crippen molar-refractivity contribution in [2.75, 3.05) is 17.7 Å². The molecule has 0 bridgehead atoms. The van der Waals surface area contributed by atoms with Crippen LogP contribution < -0.4 is 10.6 Å². The van der Waals surface area contributed by atoms with Gasteiger partial charge in [-0.25, -0.2) is 4.68 Å². The number of hydrogen-bond donors (Lipinski definition) is 2. The first-order valence-corrected chi connectivity index (χ1v) is 10.3. The molecule has 164 valence electrons. The smallest absolute Gasteiger partial charge is 0.251 e. The number of fused-ring (bicyclic) bond motifs is 1. The van der Waals surface area contributed by atoms with Gasteiger partial charge in [0.2, 0.25) is 5.91 Å². The van der Waals surface area contributed by atoms with Gasteiger partial charge in [0.05, 0.1) is 18.7 Å². The van der Waals surface area contributed by atoms with Crippen molar-refractivity contribution in [2.45, 2.75) is 32.9 Å². The predicted octanol–water partition coefficient (Wildman–Crippen LogP) is 3.73. The van der Waals surface area contributed by atoms with Gasteiger partial charge in [-0.05, 0) is 43.7 Å². The first-order valence-electron chi connectivity index (χ1n) is 10.3. The molecule has 0 saturated heterocycles. The number of nitrogens with one attached hydrogen (secondary N) is 2. The van der Waals surface area contributed by atoms with Gasteiger partial charge in [-0.1, -0.05) is 29.8 Å². The molecule has 0 saturated carbocycles. The number of ether oxygens (including phenoxy) is 1. The second kappa shape index (κ2) is 8.76. The summed E-state index contributed by atoms with van der Waals surface area (Å²) in [7, 11) is 1.59. The zero-order valence-corrected chi connectivity index (χ0v) is 18.1. The van der Waals surface area contributed by atoms with Crippen LogP contribution in [-0.2, 0) is 20.9 Å². The predicted molar refractivity (Wildman–Crippen MR) is 120 cm³/mol. The molecule has 32 heavy (non-hydrogen) atoms. The molecule has 0 fully saturated rings. The Kier molecular flexibility index (Phi) is 5.87. The highest BCUT2D eigenvalue weighted by Crippen LogP contribution is 2.39. The number of amides is 2. The Morgan fingerprint density at radius 1 is 1.12 bits per heavy atom. The Morgan fingerprint density at radius 3 is 2.44 bits per heavy atom. The summed E-state index contributed by atoms with van der Waals surface area (Å²) in [6, 6.07) is 13.8. The largest absolute Gasteiger partial charge is 0.378 e. The van der Waals surface area contributed by atoms with E-state index in [1.807, 2.05) is 31.2 Å². The van der Waals surface area contributed by atoms with Gasteiger partial charge in [-0.15, -0.1) is 0 Å². The maximum absolute atomic E-state index is 12.7. The fourth-order valence-corrected chi connectivity index (χ4v) is 3.75. The Bertz CT molecular complexity index is 1180. The van der Waals surface area contributed by atoms with Crippen LogP contribution in [-0.4, -0.2) is 34.5 Å². The molecule has 1 aliphatic rings. The highest BCUT2D eigenvalue weighted by Gasteiger charge is 2.37. The minimum absolute atomic E-state index is 0.0482. The van der Waals surface area contributed by atoms with E-state index in [0.717, 1.165) is 16.7 Å². The number of aromatic nitrogens is 2. The van der Waals surface area contributed by atoms with Crippen molar-refractivity contribution >= 4 is 29.1 Å². The SMILES string of the molecule is COCc1nn2c(c1-c1ccc(C)cc1)NC(=O)C2CC(=O)Nc1ccc(C(C)=O)cc1. The molecule has 3 aromatic rings. The van der Waals surface area contributed by atoms with E-state index in [1.165, 1.54) is 6.92 Å². The minimum Gasteiger partial charge on any atom is -0.378 e. The van der Waals surface area contributed by atoms with Crippen molar-refractivity contribution < 1.29 is 19.1 Å². The van der Waals surface area contributed by atoms with E-state index in [2.05, 4.69) is 15.7 Å². The third-order valence-corrected chi connectivity index (χ3v) is 5.40. The standard InChI is InChI=1S/C24H24N4O4/c1-14-4-6-17(7-5-14)22-19(13-32-3)27-28-20(24(31)26-23(22)28)12-21(30)25-18-10-8-16(9-11-18)15(2)29/h4-11,20H,12-13H2,1-3H3,(H,25,30)(H,26,31). The maximum Gasteiger partial charge on any atom is 0.251 e. The van der Waals surface area contributed by atoms with Crippen LogP contribution in [0.15, 0.2) is 48.5 Å². The number of carbonyl (C=O) groups is 3. The van der Waals surface area contributed by atoms with Crippen LogP contribution in [0.1, 0.15) is 41.0 Å². The zero-order chi connectivity index (χ0) is 22.8. The molecular weight excluding hydrogens is 408 g/mol. The van der Waals surface area contributed by atoms with Crippen molar-refractivity contribution in [3.8, 4) is 11.1 Å². The first kappa shape index (κ1) is 21.5. The van der Waals surface area contributed by atoms with Crippen molar-refractivity contribution in [1.82, 2.24) is 9.78 Å². The average molecular weight is 432 g/mol. The Labute approximate surface area is 185 Å². The van der Waals surface area contributed by atoms with Crippen molar-refractivity contribution in [1.29, 1.82) is 0 Å². The van der Waals surface area contributed by atoms with Gasteiger partial charge >= 0.3 is 0 Å². The van der Waals surface area contributed by atoms with E-state index in [1.54, 1.807) is 36.1 Å². The quantitative estimate of drug-likeness (QED) is 0.554. The number of methoxy groups -OCH3 is 1. The third-order valence-electron chi connectivity index (χ3n) is 5.40. The lowest BCUT2D eigenvalue weighted by atomic mass is 10.0. The molecule has 4 rings (SSSR count). The van der Waals surface area contributed by atoms with Gasteiger partial charge in [0.25, 0.3) is 5.91 Å². The molecule has 0 aliphatic carbocycles. The van der Waals surface area contributed by atoms with Gasteiger partial charge in [-0.2, -0.15) is 5.10 Å². The van der Waals surface area contributed by atoms with Crippen molar-refractivity contribution in [2.24, 2.45) is 0 Å².